The third kappa shape index (κ3) is 4.67. The van der Waals surface area contributed by atoms with Crippen LogP contribution in [0.5, 0.6) is 0 Å². The molecule has 0 aliphatic carbocycles. The lowest BCUT2D eigenvalue weighted by Crippen LogP contribution is -2.53. The van der Waals surface area contributed by atoms with E-state index in [0.29, 0.717) is 0 Å². The lowest BCUT2D eigenvalue weighted by atomic mass is 9.82. The molecule has 1 fully saturated rings. The molecule has 0 aromatic carbocycles. The fourth-order valence-corrected chi connectivity index (χ4v) is 3.50. The normalized spacial score (nSPS) is 31.4. The second-order valence-electron chi connectivity index (χ2n) is 6.92. The Morgan fingerprint density at radius 1 is 1.45 bits per heavy atom. The largest absolute Gasteiger partial charge is 0.591 e. The molecule has 0 saturated carbocycles. The van der Waals surface area contributed by atoms with Crippen molar-refractivity contribution < 1.29 is 13.3 Å². The predicted molar refractivity (Wildman–Crippen MR) is 80.7 cm³/mol. The SMILES string of the molecule is CC(/C=N/[S+]([O-])C(C)(C)C)[C@@H]1C(C)CC(F)(F)CN1C. The molecule has 6 heteroatoms. The summed E-state index contributed by atoms with van der Waals surface area (Å²) in [6.45, 7) is 9.16. The smallest absolute Gasteiger partial charge is 0.260 e. The van der Waals surface area contributed by atoms with Gasteiger partial charge < -0.3 is 4.55 Å². The molecule has 118 valence electrons. The topological polar surface area (TPSA) is 38.7 Å². The minimum Gasteiger partial charge on any atom is -0.591 e. The van der Waals surface area contributed by atoms with Crippen molar-refractivity contribution in [3.63, 3.8) is 0 Å². The maximum atomic E-state index is 13.5. The molecular weight excluding hydrogens is 282 g/mol. The van der Waals surface area contributed by atoms with Crippen molar-refractivity contribution in [3.8, 4) is 0 Å². The molecule has 0 amide bonds. The summed E-state index contributed by atoms with van der Waals surface area (Å²) in [5, 5.41) is 0. The van der Waals surface area contributed by atoms with Crippen molar-refractivity contribution in [2.24, 2.45) is 16.2 Å². The van der Waals surface area contributed by atoms with Gasteiger partial charge in [0.2, 0.25) is 0 Å². The molecule has 0 aromatic rings. The maximum Gasteiger partial charge on any atom is 0.260 e. The summed E-state index contributed by atoms with van der Waals surface area (Å²) >= 11 is -1.30. The van der Waals surface area contributed by atoms with E-state index < -0.39 is 22.0 Å². The molecule has 1 aliphatic rings. The van der Waals surface area contributed by atoms with E-state index in [0.717, 1.165) is 0 Å². The van der Waals surface area contributed by atoms with Gasteiger partial charge in [0.15, 0.2) is 0 Å². The van der Waals surface area contributed by atoms with E-state index in [4.69, 9.17) is 0 Å². The number of hydrogen-bond acceptors (Lipinski definition) is 3. The number of rotatable bonds is 3. The van der Waals surface area contributed by atoms with Crippen LogP contribution in [0.1, 0.15) is 41.0 Å². The van der Waals surface area contributed by atoms with Crippen molar-refractivity contribution >= 4 is 17.6 Å². The van der Waals surface area contributed by atoms with Crippen LogP contribution < -0.4 is 0 Å². The standard InChI is InChI=1S/C14H26F2N2OS/c1-10-7-14(15,16)9-18(6)12(10)11(2)8-17-20(19)13(3,4)5/h8,10-12H,7,9H2,1-6H3/b17-8+/t10?,11?,12-,20?/m0/s1. The van der Waals surface area contributed by atoms with Crippen LogP contribution in [-0.2, 0) is 11.4 Å². The first-order chi connectivity index (χ1) is 8.94. The first kappa shape index (κ1) is 17.9. The van der Waals surface area contributed by atoms with E-state index in [-0.39, 0.29) is 30.8 Å². The summed E-state index contributed by atoms with van der Waals surface area (Å²) in [5.74, 6) is -2.74. The van der Waals surface area contributed by atoms with Crippen LogP contribution >= 0.6 is 0 Å². The minimum absolute atomic E-state index is 0.00241. The molecule has 0 N–H and O–H groups in total. The van der Waals surface area contributed by atoms with E-state index in [1.165, 1.54) is 0 Å². The first-order valence-corrected chi connectivity index (χ1v) is 8.09. The Labute approximate surface area is 124 Å². The molecule has 0 bridgehead atoms. The van der Waals surface area contributed by atoms with Gasteiger partial charge >= 0.3 is 0 Å². The van der Waals surface area contributed by atoms with Gasteiger partial charge in [-0.3, -0.25) is 4.90 Å². The Bertz CT molecular complexity index is 344. The van der Waals surface area contributed by atoms with Crippen molar-refractivity contribution in [1.29, 1.82) is 0 Å². The Morgan fingerprint density at radius 2 is 2.00 bits per heavy atom. The quantitative estimate of drug-likeness (QED) is 0.593. The third-order valence-electron chi connectivity index (χ3n) is 3.65. The number of hydrogen-bond donors (Lipinski definition) is 0. The van der Waals surface area contributed by atoms with Crippen LogP contribution in [0, 0.1) is 11.8 Å². The van der Waals surface area contributed by atoms with Crippen LogP contribution in [0.15, 0.2) is 4.40 Å². The molecule has 1 rings (SSSR count). The van der Waals surface area contributed by atoms with Crippen molar-refractivity contribution in [1.82, 2.24) is 4.90 Å². The highest BCUT2D eigenvalue weighted by atomic mass is 32.2. The second kappa shape index (κ2) is 6.28. The van der Waals surface area contributed by atoms with Gasteiger partial charge in [0.05, 0.1) is 12.8 Å². The lowest BCUT2D eigenvalue weighted by Gasteiger charge is -2.43. The third-order valence-corrected chi connectivity index (χ3v) is 5.01. The second-order valence-corrected chi connectivity index (χ2v) is 8.85. The van der Waals surface area contributed by atoms with Crippen molar-refractivity contribution in [3.05, 3.63) is 0 Å². The van der Waals surface area contributed by atoms with E-state index in [9.17, 15) is 13.3 Å². The van der Waals surface area contributed by atoms with E-state index in [2.05, 4.69) is 4.40 Å². The van der Waals surface area contributed by atoms with Crippen LogP contribution in [0.25, 0.3) is 0 Å². The fraction of sp³-hybridized carbons (Fsp3) is 0.929. The van der Waals surface area contributed by atoms with E-state index in [1.807, 2.05) is 34.6 Å². The molecule has 3 nitrogen and oxygen atoms in total. The van der Waals surface area contributed by atoms with E-state index >= 15 is 0 Å². The number of nitrogens with zero attached hydrogens (tertiary/aromatic N) is 2. The summed E-state index contributed by atoms with van der Waals surface area (Å²) in [6, 6.07) is 0.00958. The first-order valence-electron chi connectivity index (χ1n) is 6.98. The van der Waals surface area contributed by atoms with E-state index in [1.54, 1.807) is 18.2 Å². The van der Waals surface area contributed by atoms with Gasteiger partial charge in [0.25, 0.3) is 5.92 Å². The highest BCUT2D eigenvalue weighted by molar-refractivity contribution is 7.91. The maximum absolute atomic E-state index is 13.5. The number of likely N-dealkylation sites (tertiary alicyclic amines) is 1. The zero-order chi connectivity index (χ0) is 15.7. The van der Waals surface area contributed by atoms with Crippen molar-refractivity contribution in [2.75, 3.05) is 13.6 Å². The number of piperidine rings is 1. The summed E-state index contributed by atoms with van der Waals surface area (Å²) in [5.41, 5.74) is 0. The summed E-state index contributed by atoms with van der Waals surface area (Å²) in [6.07, 6.45) is 1.57. The van der Waals surface area contributed by atoms with Crippen molar-refractivity contribution in [2.45, 2.75) is 57.8 Å². The van der Waals surface area contributed by atoms with Gasteiger partial charge in [-0.25, -0.2) is 8.78 Å². The monoisotopic (exact) mass is 308 g/mol. The molecule has 1 saturated heterocycles. The zero-order valence-corrected chi connectivity index (χ0v) is 14.0. The molecule has 0 spiro atoms. The molecule has 1 heterocycles. The molecule has 0 aromatic heterocycles. The van der Waals surface area contributed by atoms with Gasteiger partial charge in [0.1, 0.15) is 16.1 Å². The predicted octanol–water partition coefficient (Wildman–Crippen LogP) is 3.13. The molecule has 1 aliphatic heterocycles. The highest BCUT2D eigenvalue weighted by Gasteiger charge is 2.44. The van der Waals surface area contributed by atoms with Crippen LogP contribution in [0.2, 0.25) is 0 Å². The Balaban J connectivity index is 2.72. The highest BCUT2D eigenvalue weighted by Crippen LogP contribution is 2.35. The van der Waals surface area contributed by atoms with Gasteiger partial charge in [-0.15, -0.1) is 0 Å². The summed E-state index contributed by atoms with van der Waals surface area (Å²) in [7, 11) is 1.72. The Hall–Kier alpha value is -0.200. The van der Waals surface area contributed by atoms with Gasteiger partial charge in [-0.05, 0) is 33.7 Å². The molecule has 0 radical (unpaired) electrons. The number of alkyl halides is 2. The summed E-state index contributed by atoms with van der Waals surface area (Å²) < 4.78 is 42.6. The summed E-state index contributed by atoms with van der Waals surface area (Å²) in [4.78, 5) is 1.70. The van der Waals surface area contributed by atoms with Gasteiger partial charge in [0, 0.05) is 18.4 Å². The fourth-order valence-electron chi connectivity index (χ4n) is 2.88. The number of halogens is 2. The van der Waals surface area contributed by atoms with Gasteiger partial charge in [-0.2, -0.15) is 0 Å². The average molecular weight is 308 g/mol. The lowest BCUT2D eigenvalue weighted by molar-refractivity contribution is -0.100. The Morgan fingerprint density at radius 3 is 2.45 bits per heavy atom. The van der Waals surface area contributed by atoms with Crippen LogP contribution in [0.3, 0.4) is 0 Å². The molecule has 3 unspecified atom stereocenters. The average Bonchev–Trinajstić information content (AvgIpc) is 2.21. The Kier molecular flexibility index (Phi) is 5.60. The molecule has 4 atom stereocenters. The molecular formula is C14H26F2N2OS. The van der Waals surface area contributed by atoms with Gasteiger partial charge in [-0.1, -0.05) is 18.2 Å². The van der Waals surface area contributed by atoms with Crippen LogP contribution in [0.4, 0.5) is 8.78 Å². The zero-order valence-electron chi connectivity index (χ0n) is 13.2. The minimum atomic E-state index is -2.62. The molecule has 20 heavy (non-hydrogen) atoms. The van der Waals surface area contributed by atoms with Crippen LogP contribution in [-0.4, -0.2) is 46.0 Å².